The van der Waals surface area contributed by atoms with Crippen LogP contribution >= 0.6 is 0 Å². The summed E-state index contributed by atoms with van der Waals surface area (Å²) >= 11 is 0. The minimum absolute atomic E-state index is 0.286. The Hall–Kier alpha value is -2.81. The summed E-state index contributed by atoms with van der Waals surface area (Å²) in [7, 11) is 0. The van der Waals surface area contributed by atoms with Gasteiger partial charge in [-0.1, -0.05) is 61.2 Å². The van der Waals surface area contributed by atoms with Crippen LogP contribution in [0.1, 0.15) is 89.3 Å². The van der Waals surface area contributed by atoms with Gasteiger partial charge < -0.3 is 9.84 Å². The molecule has 3 rings (SSSR count). The van der Waals surface area contributed by atoms with Gasteiger partial charge in [-0.05, 0) is 93.9 Å². The maximum Gasteiger partial charge on any atom is 0.334 e. The average Bonchev–Trinajstić information content (AvgIpc) is 2.71. The van der Waals surface area contributed by atoms with Gasteiger partial charge in [0.25, 0.3) is 0 Å². The molecule has 1 fully saturated rings. The summed E-state index contributed by atoms with van der Waals surface area (Å²) in [6.07, 6.45) is 10.5. The highest BCUT2D eigenvalue weighted by atomic mass is 16.6. The van der Waals surface area contributed by atoms with E-state index in [0.717, 1.165) is 24.0 Å². The first-order valence-electron chi connectivity index (χ1n) is 11.8. The molecule has 0 radical (unpaired) electrons. The Morgan fingerprint density at radius 2 is 1.34 bits per heavy atom. The highest BCUT2D eigenvalue weighted by molar-refractivity contribution is 5.93. The molecule has 32 heavy (non-hydrogen) atoms. The van der Waals surface area contributed by atoms with E-state index in [9.17, 15) is 9.90 Å². The van der Waals surface area contributed by atoms with Crippen molar-refractivity contribution in [3.8, 4) is 5.75 Å². The van der Waals surface area contributed by atoms with Crippen molar-refractivity contribution in [2.45, 2.75) is 78.2 Å². The van der Waals surface area contributed by atoms with Gasteiger partial charge in [-0.25, -0.2) is 4.79 Å². The Morgan fingerprint density at radius 1 is 0.844 bits per heavy atom. The van der Waals surface area contributed by atoms with Gasteiger partial charge in [0.2, 0.25) is 0 Å². The number of allylic oxidation sites excluding steroid dienone is 1. The fraction of sp³-hybridized carbons (Fsp3) is 0.414. The highest BCUT2D eigenvalue weighted by Crippen LogP contribution is 2.34. The molecule has 0 spiro atoms. The monoisotopic (exact) mass is 432 g/mol. The van der Waals surface area contributed by atoms with E-state index in [1.165, 1.54) is 48.8 Å². The molecule has 3 heteroatoms. The summed E-state index contributed by atoms with van der Waals surface area (Å²) in [6, 6.07) is 16.0. The maximum atomic E-state index is 12.3. The van der Waals surface area contributed by atoms with Crippen LogP contribution in [0.2, 0.25) is 0 Å². The molecule has 2 aromatic carbocycles. The van der Waals surface area contributed by atoms with Crippen LogP contribution in [0.25, 0.3) is 11.6 Å². The fourth-order valence-corrected chi connectivity index (χ4v) is 4.20. The molecule has 3 nitrogen and oxygen atoms in total. The van der Waals surface area contributed by atoms with Gasteiger partial charge in [-0.3, -0.25) is 0 Å². The van der Waals surface area contributed by atoms with Crippen molar-refractivity contribution in [3.63, 3.8) is 0 Å². The standard InChI is InChI=1S/C29H36O3/c1-21(28(31)32-29(2,3)4)20-22-12-14-24(15-13-22)27(25-16-18-26(30)19-17-25)23-10-8-6-5-7-9-11-23/h12-20,30H,5-11H2,1-4H3. The lowest BCUT2D eigenvalue weighted by molar-refractivity contribution is -0.149. The minimum Gasteiger partial charge on any atom is -0.508 e. The van der Waals surface area contributed by atoms with Gasteiger partial charge in [-0.15, -0.1) is 0 Å². The molecule has 0 heterocycles. The Bertz CT molecular complexity index is 961. The van der Waals surface area contributed by atoms with E-state index in [4.69, 9.17) is 4.74 Å². The third kappa shape index (κ3) is 6.85. The quantitative estimate of drug-likeness (QED) is 0.398. The van der Waals surface area contributed by atoms with Gasteiger partial charge in [0.1, 0.15) is 11.4 Å². The third-order valence-electron chi connectivity index (χ3n) is 5.77. The van der Waals surface area contributed by atoms with E-state index < -0.39 is 5.60 Å². The number of hydrogen-bond acceptors (Lipinski definition) is 3. The van der Waals surface area contributed by atoms with Gasteiger partial charge in [0.15, 0.2) is 0 Å². The van der Waals surface area contributed by atoms with E-state index in [-0.39, 0.29) is 11.7 Å². The van der Waals surface area contributed by atoms with E-state index in [1.54, 1.807) is 19.1 Å². The van der Waals surface area contributed by atoms with Crippen LogP contribution in [0.5, 0.6) is 5.75 Å². The smallest absolute Gasteiger partial charge is 0.334 e. The van der Waals surface area contributed by atoms with Crippen LogP contribution in [-0.4, -0.2) is 16.7 Å². The second-order valence-electron chi connectivity index (χ2n) is 9.74. The lowest BCUT2D eigenvalue weighted by Gasteiger charge is -2.20. The summed E-state index contributed by atoms with van der Waals surface area (Å²) in [4.78, 5) is 12.3. The van der Waals surface area contributed by atoms with Crippen molar-refractivity contribution in [2.24, 2.45) is 0 Å². The number of ether oxygens (including phenoxy) is 1. The summed E-state index contributed by atoms with van der Waals surface area (Å²) in [5.41, 5.74) is 6.17. The van der Waals surface area contributed by atoms with Crippen LogP contribution in [0, 0.1) is 0 Å². The molecule has 1 N–H and O–H groups in total. The van der Waals surface area contributed by atoms with Crippen LogP contribution in [0.3, 0.4) is 0 Å². The Labute approximate surface area is 192 Å². The topological polar surface area (TPSA) is 46.5 Å². The Morgan fingerprint density at radius 3 is 1.88 bits per heavy atom. The van der Waals surface area contributed by atoms with Gasteiger partial charge in [0, 0.05) is 5.57 Å². The van der Waals surface area contributed by atoms with E-state index in [1.807, 2.05) is 39.0 Å². The predicted molar refractivity (Wildman–Crippen MR) is 132 cm³/mol. The average molecular weight is 433 g/mol. The summed E-state index contributed by atoms with van der Waals surface area (Å²) < 4.78 is 5.47. The van der Waals surface area contributed by atoms with Gasteiger partial charge in [0.05, 0.1) is 0 Å². The summed E-state index contributed by atoms with van der Waals surface area (Å²) in [6.45, 7) is 7.42. The van der Waals surface area contributed by atoms with Gasteiger partial charge >= 0.3 is 5.97 Å². The first kappa shape index (κ1) is 23.8. The molecular formula is C29H36O3. The molecule has 2 aromatic rings. The molecule has 0 amide bonds. The van der Waals surface area contributed by atoms with Gasteiger partial charge in [-0.2, -0.15) is 0 Å². The fourth-order valence-electron chi connectivity index (χ4n) is 4.20. The number of rotatable bonds is 4. The molecule has 0 aliphatic heterocycles. The zero-order chi connectivity index (χ0) is 23.1. The predicted octanol–water partition coefficient (Wildman–Crippen LogP) is 7.68. The number of aromatic hydroxyl groups is 1. The highest BCUT2D eigenvalue weighted by Gasteiger charge is 2.18. The van der Waals surface area contributed by atoms with E-state index >= 15 is 0 Å². The van der Waals surface area contributed by atoms with Crippen molar-refractivity contribution in [3.05, 3.63) is 76.4 Å². The Kier molecular flexibility index (Phi) is 7.95. The lowest BCUT2D eigenvalue weighted by Crippen LogP contribution is -2.24. The molecular weight excluding hydrogens is 396 g/mol. The number of hydrogen-bond donors (Lipinski definition) is 1. The Balaban J connectivity index is 1.93. The molecule has 0 bridgehead atoms. The van der Waals surface area contributed by atoms with Crippen molar-refractivity contribution < 1.29 is 14.6 Å². The lowest BCUT2D eigenvalue weighted by atomic mass is 9.86. The largest absolute Gasteiger partial charge is 0.508 e. The molecule has 1 saturated carbocycles. The number of esters is 1. The number of phenols is 1. The molecule has 0 atom stereocenters. The normalized spacial score (nSPS) is 15.6. The molecule has 1 aliphatic rings. The van der Waals surface area contributed by atoms with Crippen molar-refractivity contribution >= 4 is 17.6 Å². The first-order chi connectivity index (χ1) is 15.2. The number of carbonyl (C=O) groups excluding carboxylic acids is 1. The van der Waals surface area contributed by atoms with Crippen LogP contribution in [0.15, 0.2) is 59.7 Å². The maximum absolute atomic E-state index is 12.3. The molecule has 0 aromatic heterocycles. The second kappa shape index (κ2) is 10.7. The first-order valence-corrected chi connectivity index (χ1v) is 11.8. The third-order valence-corrected chi connectivity index (χ3v) is 5.77. The minimum atomic E-state index is -0.501. The van der Waals surface area contributed by atoms with Crippen molar-refractivity contribution in [1.29, 1.82) is 0 Å². The molecule has 1 aliphatic carbocycles. The zero-order valence-electron chi connectivity index (χ0n) is 19.9. The van der Waals surface area contributed by atoms with Crippen molar-refractivity contribution in [1.82, 2.24) is 0 Å². The molecule has 170 valence electrons. The van der Waals surface area contributed by atoms with Crippen molar-refractivity contribution in [2.75, 3.05) is 0 Å². The number of benzene rings is 2. The van der Waals surface area contributed by atoms with E-state index in [2.05, 4.69) is 24.3 Å². The van der Waals surface area contributed by atoms with Crippen LogP contribution in [-0.2, 0) is 9.53 Å². The second-order valence-corrected chi connectivity index (χ2v) is 9.74. The number of phenolic OH excluding ortho intramolecular Hbond substituents is 1. The summed E-state index contributed by atoms with van der Waals surface area (Å²) in [5.74, 6) is -0.00290. The number of carbonyl (C=O) groups is 1. The van der Waals surface area contributed by atoms with Crippen LogP contribution < -0.4 is 0 Å². The SMILES string of the molecule is CC(=Cc1ccc(C(=C2CCCCCCC2)c2ccc(O)cc2)cc1)C(=O)OC(C)(C)C. The molecule has 0 saturated heterocycles. The summed E-state index contributed by atoms with van der Waals surface area (Å²) in [5, 5.41) is 9.78. The molecule has 0 unspecified atom stereocenters. The van der Waals surface area contributed by atoms with E-state index in [0.29, 0.717) is 5.57 Å². The zero-order valence-corrected chi connectivity index (χ0v) is 19.9. The van der Waals surface area contributed by atoms with Crippen LogP contribution in [0.4, 0.5) is 0 Å².